The average Bonchev–Trinajstić information content (AvgIpc) is 3.51. The van der Waals surface area contributed by atoms with Crippen LogP contribution in [0.5, 0.6) is 0 Å². The largest absolute Gasteiger partial charge is 0.462 e. The topological polar surface area (TPSA) is 72.8 Å². The highest BCUT2D eigenvalue weighted by molar-refractivity contribution is 5.70. The van der Waals surface area contributed by atoms with Crippen LogP contribution in [0.15, 0.2) is 72.9 Å². The van der Waals surface area contributed by atoms with Crippen LogP contribution in [0.2, 0.25) is 0 Å². The first-order valence-corrected chi connectivity index (χ1v) is 37.5. The van der Waals surface area contributed by atoms with E-state index in [1.54, 1.807) is 0 Å². The highest BCUT2D eigenvalue weighted by Gasteiger charge is 2.16. The first-order valence-electron chi connectivity index (χ1n) is 37.5. The zero-order valence-corrected chi connectivity index (χ0v) is 56.4. The standard InChI is InChI=1S/C79H144O5/c1-3-5-7-9-11-13-15-17-19-21-23-25-27-29-31-33-35-36-37-38-39-40-41-42-44-46-48-50-52-54-56-58-60-62-64-66-68-70-72-74-79(82)84-77(75-80)76-83-78(81)73-71-69-67-65-63-61-59-57-55-53-51-49-47-45-43-34-32-30-28-26-24-22-20-18-16-14-12-10-8-6-4-2/h5,7,11,13,17,19,23,25,29,31,35-36,77,80H,3-4,6,8-10,12,14-16,18,20-22,24,26-28,30,32-34,37-76H2,1-2H3/b7-5-,13-11-,19-17-,25-23-,31-29-,36-35-. The van der Waals surface area contributed by atoms with Gasteiger partial charge in [-0.1, -0.05) is 395 Å². The van der Waals surface area contributed by atoms with Crippen molar-refractivity contribution in [3.05, 3.63) is 72.9 Å². The summed E-state index contributed by atoms with van der Waals surface area (Å²) in [6.45, 7) is 4.09. The van der Waals surface area contributed by atoms with Crippen LogP contribution in [0.1, 0.15) is 399 Å². The molecule has 0 aromatic heterocycles. The Labute approximate surface area is 524 Å². The summed E-state index contributed by atoms with van der Waals surface area (Å²) in [6.07, 6.45) is 104. The Balaban J connectivity index is 3.40. The van der Waals surface area contributed by atoms with E-state index in [9.17, 15) is 14.7 Å². The van der Waals surface area contributed by atoms with Crippen LogP contribution in [0, 0.1) is 0 Å². The number of unbranched alkanes of at least 4 members (excludes halogenated alkanes) is 50. The van der Waals surface area contributed by atoms with Gasteiger partial charge >= 0.3 is 11.9 Å². The van der Waals surface area contributed by atoms with E-state index >= 15 is 0 Å². The monoisotopic (exact) mass is 1170 g/mol. The summed E-state index contributed by atoms with van der Waals surface area (Å²) >= 11 is 0. The van der Waals surface area contributed by atoms with Crippen LogP contribution >= 0.6 is 0 Å². The Morgan fingerprint density at radius 3 is 0.774 bits per heavy atom. The Morgan fingerprint density at radius 2 is 0.512 bits per heavy atom. The molecule has 0 aromatic carbocycles. The Bertz CT molecular complexity index is 1470. The van der Waals surface area contributed by atoms with E-state index in [1.807, 2.05) is 0 Å². The maximum Gasteiger partial charge on any atom is 0.306 e. The van der Waals surface area contributed by atoms with Crippen LogP contribution in [-0.4, -0.2) is 36.4 Å². The molecule has 0 aromatic rings. The maximum absolute atomic E-state index is 12.4. The molecule has 1 atom stereocenters. The molecule has 0 bridgehead atoms. The fraction of sp³-hybridized carbons (Fsp3) is 0.823. The quantitative estimate of drug-likeness (QED) is 0.0373. The highest BCUT2D eigenvalue weighted by Crippen LogP contribution is 2.19. The molecule has 5 heteroatoms. The van der Waals surface area contributed by atoms with E-state index in [1.165, 1.54) is 302 Å². The van der Waals surface area contributed by atoms with Gasteiger partial charge in [-0.15, -0.1) is 0 Å². The maximum atomic E-state index is 12.4. The zero-order valence-electron chi connectivity index (χ0n) is 56.4. The lowest BCUT2D eigenvalue weighted by Crippen LogP contribution is -2.28. The van der Waals surface area contributed by atoms with Crippen LogP contribution in [0.3, 0.4) is 0 Å². The third-order valence-electron chi connectivity index (χ3n) is 17.0. The third-order valence-corrected chi connectivity index (χ3v) is 17.0. The number of hydrogen-bond acceptors (Lipinski definition) is 5. The summed E-state index contributed by atoms with van der Waals surface area (Å²) in [5, 5.41) is 9.72. The third kappa shape index (κ3) is 71.8. The first-order chi connectivity index (χ1) is 41.6. The van der Waals surface area contributed by atoms with E-state index in [2.05, 4.69) is 86.8 Å². The number of carbonyl (C=O) groups is 2. The lowest BCUT2D eigenvalue weighted by Gasteiger charge is -2.15. The van der Waals surface area contributed by atoms with Crippen molar-refractivity contribution in [1.29, 1.82) is 0 Å². The molecule has 0 amide bonds. The molecule has 0 saturated carbocycles. The molecule has 0 rings (SSSR count). The van der Waals surface area contributed by atoms with Gasteiger partial charge in [0.1, 0.15) is 6.61 Å². The zero-order chi connectivity index (χ0) is 60.5. The average molecular weight is 1170 g/mol. The van der Waals surface area contributed by atoms with Crippen molar-refractivity contribution in [2.24, 2.45) is 0 Å². The molecule has 5 nitrogen and oxygen atoms in total. The van der Waals surface area contributed by atoms with Gasteiger partial charge in [0.25, 0.3) is 0 Å². The number of carbonyl (C=O) groups excluding carboxylic acids is 2. The highest BCUT2D eigenvalue weighted by atomic mass is 16.6. The second kappa shape index (κ2) is 74.6. The van der Waals surface area contributed by atoms with Crippen LogP contribution < -0.4 is 0 Å². The van der Waals surface area contributed by atoms with E-state index in [-0.39, 0.29) is 25.2 Å². The van der Waals surface area contributed by atoms with E-state index in [4.69, 9.17) is 9.47 Å². The molecule has 84 heavy (non-hydrogen) atoms. The van der Waals surface area contributed by atoms with Crippen molar-refractivity contribution in [2.45, 2.75) is 405 Å². The number of hydrogen-bond donors (Lipinski definition) is 1. The Morgan fingerprint density at radius 1 is 0.286 bits per heavy atom. The Hall–Kier alpha value is -2.66. The molecule has 0 aliphatic heterocycles. The number of aliphatic hydroxyl groups excluding tert-OH is 1. The molecule has 490 valence electrons. The summed E-state index contributed by atoms with van der Waals surface area (Å²) in [7, 11) is 0. The van der Waals surface area contributed by atoms with Gasteiger partial charge in [0, 0.05) is 12.8 Å². The number of rotatable bonds is 70. The van der Waals surface area contributed by atoms with Crippen molar-refractivity contribution in [3.8, 4) is 0 Å². The summed E-state index contributed by atoms with van der Waals surface area (Å²) in [5.74, 6) is -0.567. The van der Waals surface area contributed by atoms with Crippen LogP contribution in [0.4, 0.5) is 0 Å². The number of esters is 2. The lowest BCUT2D eigenvalue weighted by molar-refractivity contribution is -0.161. The van der Waals surface area contributed by atoms with Crippen molar-refractivity contribution in [2.75, 3.05) is 13.2 Å². The van der Waals surface area contributed by atoms with Gasteiger partial charge in [-0.3, -0.25) is 9.59 Å². The van der Waals surface area contributed by atoms with E-state index < -0.39 is 6.10 Å². The minimum Gasteiger partial charge on any atom is -0.462 e. The number of ether oxygens (including phenoxy) is 2. The molecule has 0 spiro atoms. The normalized spacial score (nSPS) is 12.6. The lowest BCUT2D eigenvalue weighted by atomic mass is 10.0. The van der Waals surface area contributed by atoms with Gasteiger partial charge < -0.3 is 14.6 Å². The second-order valence-electron chi connectivity index (χ2n) is 25.4. The van der Waals surface area contributed by atoms with Crippen molar-refractivity contribution >= 4 is 11.9 Å². The molecule has 1 unspecified atom stereocenters. The first kappa shape index (κ1) is 81.3. The fourth-order valence-electron chi connectivity index (χ4n) is 11.4. The van der Waals surface area contributed by atoms with Crippen molar-refractivity contribution in [1.82, 2.24) is 0 Å². The van der Waals surface area contributed by atoms with Gasteiger partial charge in [-0.25, -0.2) is 0 Å². The van der Waals surface area contributed by atoms with Gasteiger partial charge in [0.05, 0.1) is 6.61 Å². The van der Waals surface area contributed by atoms with Crippen LogP contribution in [-0.2, 0) is 19.1 Å². The fourth-order valence-corrected chi connectivity index (χ4v) is 11.4. The predicted molar refractivity (Wildman–Crippen MR) is 371 cm³/mol. The molecule has 0 radical (unpaired) electrons. The number of aliphatic hydroxyl groups is 1. The minimum absolute atomic E-state index is 0.0604. The minimum atomic E-state index is -0.772. The van der Waals surface area contributed by atoms with Crippen LogP contribution in [0.25, 0.3) is 0 Å². The summed E-state index contributed by atoms with van der Waals surface area (Å²) < 4.78 is 10.8. The molecule has 0 heterocycles. The molecule has 1 N–H and O–H groups in total. The molecule has 0 fully saturated rings. The van der Waals surface area contributed by atoms with Crippen molar-refractivity contribution in [3.63, 3.8) is 0 Å². The van der Waals surface area contributed by atoms with E-state index in [0.29, 0.717) is 12.8 Å². The predicted octanol–water partition coefficient (Wildman–Crippen LogP) is 26.2. The molecular formula is C79H144O5. The second-order valence-corrected chi connectivity index (χ2v) is 25.4. The van der Waals surface area contributed by atoms with Gasteiger partial charge in [-0.2, -0.15) is 0 Å². The Kier molecular flexibility index (Phi) is 72.2. The van der Waals surface area contributed by atoms with Gasteiger partial charge in [0.2, 0.25) is 0 Å². The smallest absolute Gasteiger partial charge is 0.306 e. The number of allylic oxidation sites excluding steroid dienone is 12. The molecule has 0 saturated heterocycles. The molecule has 0 aliphatic rings. The van der Waals surface area contributed by atoms with Gasteiger partial charge in [0.15, 0.2) is 6.10 Å². The summed E-state index contributed by atoms with van der Waals surface area (Å²) in [4.78, 5) is 24.7. The summed E-state index contributed by atoms with van der Waals surface area (Å²) in [5.41, 5.74) is 0. The van der Waals surface area contributed by atoms with Crippen molar-refractivity contribution < 1.29 is 24.2 Å². The van der Waals surface area contributed by atoms with E-state index in [0.717, 1.165) is 70.6 Å². The SMILES string of the molecule is CC/C=C\C/C=C\C/C=C\C/C=C\C/C=C\C/C=C\CCCCCCCCCCCCCCCCCCCCCCC(=O)OC(CO)COC(=O)CCCCCCCCCCCCCCCCCCCCCCCCCCCCCCCCC. The molecular weight excluding hydrogens is 1030 g/mol. The van der Waals surface area contributed by atoms with Gasteiger partial charge in [-0.05, 0) is 64.2 Å². The summed E-state index contributed by atoms with van der Waals surface area (Å²) in [6, 6.07) is 0. The molecule has 0 aliphatic carbocycles.